The van der Waals surface area contributed by atoms with Gasteiger partial charge in [-0.05, 0) is 45.3 Å². The molecule has 0 bridgehead atoms. The normalized spacial score (nSPS) is 20.8. The highest BCUT2D eigenvalue weighted by atomic mass is 16.2. The fourth-order valence-corrected chi connectivity index (χ4v) is 2.50. The van der Waals surface area contributed by atoms with Crippen LogP contribution < -0.4 is 5.32 Å². The van der Waals surface area contributed by atoms with Crippen LogP contribution in [-0.4, -0.2) is 48.8 Å². The summed E-state index contributed by atoms with van der Waals surface area (Å²) in [6.45, 7) is 7.47. The lowest BCUT2D eigenvalue weighted by Crippen LogP contribution is -2.38. The summed E-state index contributed by atoms with van der Waals surface area (Å²) in [5, 5.41) is 12.2. The van der Waals surface area contributed by atoms with Crippen molar-refractivity contribution in [2.45, 2.75) is 51.5 Å². The van der Waals surface area contributed by atoms with E-state index in [-0.39, 0.29) is 0 Å². The highest BCUT2D eigenvalue weighted by Gasteiger charge is 2.20. The van der Waals surface area contributed by atoms with Crippen LogP contribution in [0.25, 0.3) is 0 Å². The Labute approximate surface area is 100 Å². The molecule has 1 fully saturated rings. The number of nitrogens with one attached hydrogen (secondary N) is 1. The fourth-order valence-electron chi connectivity index (χ4n) is 2.50. The van der Waals surface area contributed by atoms with Crippen LogP contribution >= 0.6 is 0 Å². The average molecular weight is 228 g/mol. The highest BCUT2D eigenvalue weighted by molar-refractivity contribution is 4.80. The second kappa shape index (κ2) is 8.97. The predicted octanol–water partition coefficient (Wildman–Crippen LogP) is 1.61. The van der Waals surface area contributed by atoms with Gasteiger partial charge >= 0.3 is 0 Å². The average Bonchev–Trinajstić information content (AvgIpc) is 2.81. The molecule has 1 aliphatic heterocycles. The number of aliphatic hydroxyl groups excluding tert-OH is 1. The SMILES string of the molecule is CCCN(CCCCCCO)C1CCNC1. The summed E-state index contributed by atoms with van der Waals surface area (Å²) in [4.78, 5) is 2.65. The molecule has 0 saturated carbocycles. The number of rotatable bonds is 9. The summed E-state index contributed by atoms with van der Waals surface area (Å²) in [7, 11) is 0. The minimum absolute atomic E-state index is 0.352. The largest absolute Gasteiger partial charge is 0.396 e. The van der Waals surface area contributed by atoms with Gasteiger partial charge in [-0.15, -0.1) is 0 Å². The Bertz CT molecular complexity index is 158. The number of hydrogen-bond acceptors (Lipinski definition) is 3. The van der Waals surface area contributed by atoms with Crippen molar-refractivity contribution in [1.29, 1.82) is 0 Å². The predicted molar refractivity (Wildman–Crippen MR) is 68.7 cm³/mol. The van der Waals surface area contributed by atoms with Crippen LogP contribution in [0.15, 0.2) is 0 Å². The molecule has 96 valence electrons. The molecule has 0 aliphatic carbocycles. The Balaban J connectivity index is 2.12. The summed E-state index contributed by atoms with van der Waals surface area (Å²) in [6.07, 6.45) is 7.28. The van der Waals surface area contributed by atoms with Gasteiger partial charge in [0, 0.05) is 19.2 Å². The molecule has 1 atom stereocenters. The topological polar surface area (TPSA) is 35.5 Å². The monoisotopic (exact) mass is 228 g/mol. The van der Waals surface area contributed by atoms with Gasteiger partial charge in [-0.25, -0.2) is 0 Å². The van der Waals surface area contributed by atoms with Crippen molar-refractivity contribution >= 4 is 0 Å². The van der Waals surface area contributed by atoms with E-state index in [0.29, 0.717) is 6.61 Å². The van der Waals surface area contributed by atoms with E-state index < -0.39 is 0 Å². The van der Waals surface area contributed by atoms with E-state index in [9.17, 15) is 0 Å². The van der Waals surface area contributed by atoms with Gasteiger partial charge in [0.2, 0.25) is 0 Å². The maximum Gasteiger partial charge on any atom is 0.0431 e. The molecule has 3 nitrogen and oxygen atoms in total. The van der Waals surface area contributed by atoms with Crippen molar-refractivity contribution in [2.75, 3.05) is 32.8 Å². The minimum atomic E-state index is 0.352. The third-order valence-electron chi connectivity index (χ3n) is 3.41. The van der Waals surface area contributed by atoms with Crippen LogP contribution in [0.2, 0.25) is 0 Å². The van der Waals surface area contributed by atoms with Crippen molar-refractivity contribution < 1.29 is 5.11 Å². The number of nitrogens with zero attached hydrogens (tertiary/aromatic N) is 1. The van der Waals surface area contributed by atoms with Gasteiger partial charge in [-0.1, -0.05) is 19.8 Å². The molecule has 0 aromatic carbocycles. The zero-order valence-electron chi connectivity index (χ0n) is 10.7. The van der Waals surface area contributed by atoms with Crippen molar-refractivity contribution in [1.82, 2.24) is 10.2 Å². The quantitative estimate of drug-likeness (QED) is 0.589. The van der Waals surface area contributed by atoms with E-state index in [1.807, 2.05) is 0 Å². The Hall–Kier alpha value is -0.120. The molecule has 0 radical (unpaired) electrons. The first-order chi connectivity index (χ1) is 7.88. The zero-order chi connectivity index (χ0) is 11.6. The molecule has 1 aliphatic rings. The summed E-state index contributed by atoms with van der Waals surface area (Å²) < 4.78 is 0. The Morgan fingerprint density at radius 3 is 2.62 bits per heavy atom. The third kappa shape index (κ3) is 5.28. The third-order valence-corrected chi connectivity index (χ3v) is 3.41. The van der Waals surface area contributed by atoms with Gasteiger partial charge in [-0.2, -0.15) is 0 Å². The van der Waals surface area contributed by atoms with Crippen molar-refractivity contribution in [3.05, 3.63) is 0 Å². The molecular formula is C13H28N2O. The molecule has 1 heterocycles. The summed E-state index contributed by atoms with van der Waals surface area (Å²) in [5.41, 5.74) is 0. The second-order valence-corrected chi connectivity index (χ2v) is 4.82. The molecule has 0 aromatic rings. The standard InChI is InChI=1S/C13H28N2O/c1-2-9-15(13-7-8-14-12-13)10-5-3-4-6-11-16/h13-14,16H,2-12H2,1H3. The van der Waals surface area contributed by atoms with Crippen LogP contribution in [0.4, 0.5) is 0 Å². The fraction of sp³-hybridized carbons (Fsp3) is 1.00. The van der Waals surface area contributed by atoms with Crippen molar-refractivity contribution in [3.63, 3.8) is 0 Å². The maximum absolute atomic E-state index is 8.71. The lowest BCUT2D eigenvalue weighted by atomic mass is 10.1. The lowest BCUT2D eigenvalue weighted by molar-refractivity contribution is 0.202. The van der Waals surface area contributed by atoms with Gasteiger partial charge < -0.3 is 10.4 Å². The summed E-state index contributed by atoms with van der Waals surface area (Å²) in [6, 6.07) is 0.776. The maximum atomic E-state index is 8.71. The molecular weight excluding hydrogens is 200 g/mol. The molecule has 0 spiro atoms. The van der Waals surface area contributed by atoms with Gasteiger partial charge in [0.15, 0.2) is 0 Å². The van der Waals surface area contributed by atoms with E-state index in [0.717, 1.165) is 12.5 Å². The Kier molecular flexibility index (Phi) is 7.81. The van der Waals surface area contributed by atoms with Crippen LogP contribution in [0, 0.1) is 0 Å². The molecule has 1 unspecified atom stereocenters. The Morgan fingerprint density at radius 1 is 1.19 bits per heavy atom. The first-order valence-corrected chi connectivity index (χ1v) is 6.94. The number of unbranched alkanes of at least 4 members (excludes halogenated alkanes) is 3. The van der Waals surface area contributed by atoms with Crippen molar-refractivity contribution in [3.8, 4) is 0 Å². The lowest BCUT2D eigenvalue weighted by Gasteiger charge is -2.27. The first kappa shape index (κ1) is 13.9. The number of aliphatic hydroxyl groups is 1. The zero-order valence-corrected chi connectivity index (χ0v) is 10.7. The van der Waals surface area contributed by atoms with E-state index in [2.05, 4.69) is 17.1 Å². The minimum Gasteiger partial charge on any atom is -0.396 e. The van der Waals surface area contributed by atoms with Crippen LogP contribution in [-0.2, 0) is 0 Å². The van der Waals surface area contributed by atoms with Crippen LogP contribution in [0.3, 0.4) is 0 Å². The first-order valence-electron chi connectivity index (χ1n) is 6.94. The van der Waals surface area contributed by atoms with Gasteiger partial charge in [0.1, 0.15) is 0 Å². The van der Waals surface area contributed by atoms with E-state index in [4.69, 9.17) is 5.11 Å². The molecule has 16 heavy (non-hydrogen) atoms. The Morgan fingerprint density at radius 2 is 2.00 bits per heavy atom. The molecule has 2 N–H and O–H groups in total. The van der Waals surface area contributed by atoms with Crippen LogP contribution in [0.5, 0.6) is 0 Å². The molecule has 1 saturated heterocycles. The van der Waals surface area contributed by atoms with Crippen molar-refractivity contribution in [2.24, 2.45) is 0 Å². The summed E-state index contributed by atoms with van der Waals surface area (Å²) >= 11 is 0. The molecule has 1 rings (SSSR count). The van der Waals surface area contributed by atoms with E-state index >= 15 is 0 Å². The smallest absolute Gasteiger partial charge is 0.0431 e. The molecule has 3 heteroatoms. The van der Waals surface area contributed by atoms with E-state index in [1.54, 1.807) is 0 Å². The van der Waals surface area contributed by atoms with Crippen LogP contribution in [0.1, 0.15) is 45.4 Å². The van der Waals surface area contributed by atoms with Gasteiger partial charge in [-0.3, -0.25) is 4.90 Å². The summed E-state index contributed by atoms with van der Waals surface area (Å²) in [5.74, 6) is 0. The van der Waals surface area contributed by atoms with Gasteiger partial charge in [0.25, 0.3) is 0 Å². The second-order valence-electron chi connectivity index (χ2n) is 4.82. The van der Waals surface area contributed by atoms with E-state index in [1.165, 1.54) is 58.3 Å². The van der Waals surface area contributed by atoms with Gasteiger partial charge in [0.05, 0.1) is 0 Å². The highest BCUT2D eigenvalue weighted by Crippen LogP contribution is 2.11. The molecule has 0 aromatic heterocycles. The number of hydrogen-bond donors (Lipinski definition) is 2. The molecule has 0 amide bonds.